The van der Waals surface area contributed by atoms with Gasteiger partial charge >= 0.3 is 0 Å². The summed E-state index contributed by atoms with van der Waals surface area (Å²) in [6.07, 6.45) is 5.34. The van der Waals surface area contributed by atoms with Gasteiger partial charge in [-0.2, -0.15) is 0 Å². The summed E-state index contributed by atoms with van der Waals surface area (Å²) in [5.74, 6) is 2.83. The van der Waals surface area contributed by atoms with Crippen LogP contribution in [-0.4, -0.2) is 48.4 Å². The van der Waals surface area contributed by atoms with Gasteiger partial charge in [-0.25, -0.2) is 0 Å². The summed E-state index contributed by atoms with van der Waals surface area (Å²) in [4.78, 5) is 17.8. The molecule has 0 aliphatic carbocycles. The molecule has 0 spiro atoms. The molecule has 1 saturated heterocycles. The van der Waals surface area contributed by atoms with Crippen LogP contribution in [0.1, 0.15) is 15.2 Å². The minimum Gasteiger partial charge on any atom is -0.335 e. The van der Waals surface area contributed by atoms with Crippen molar-refractivity contribution in [3.63, 3.8) is 0 Å². The first-order valence-corrected chi connectivity index (χ1v) is 7.95. The minimum atomic E-state index is 0.161. The summed E-state index contributed by atoms with van der Waals surface area (Å²) in [5, 5.41) is 1.19. The third-order valence-corrected chi connectivity index (χ3v) is 5.27. The number of piperazine rings is 1. The van der Waals surface area contributed by atoms with Crippen LogP contribution in [0.3, 0.4) is 0 Å². The number of fused-ring (bicyclic) bond motifs is 1. The molecule has 4 heteroatoms. The predicted molar refractivity (Wildman–Crippen MR) is 87.7 cm³/mol. The number of carbonyl (C=O) groups is 1. The summed E-state index contributed by atoms with van der Waals surface area (Å²) in [6.45, 7) is 5.95. The summed E-state index contributed by atoms with van der Waals surface area (Å²) in [6, 6.07) is 8.21. The number of nitrogens with zero attached hydrogens (tertiary/aromatic N) is 2. The van der Waals surface area contributed by atoms with Gasteiger partial charge in [0, 0.05) is 30.9 Å². The van der Waals surface area contributed by atoms with Gasteiger partial charge in [0.25, 0.3) is 5.91 Å². The molecular weight excluding hydrogens is 280 g/mol. The van der Waals surface area contributed by atoms with Crippen LogP contribution in [-0.2, 0) is 0 Å². The van der Waals surface area contributed by atoms with E-state index in [1.165, 1.54) is 10.1 Å². The second-order valence-corrected chi connectivity index (χ2v) is 6.38. The molecule has 0 atom stereocenters. The van der Waals surface area contributed by atoms with Crippen LogP contribution >= 0.6 is 11.3 Å². The van der Waals surface area contributed by atoms with E-state index < -0.39 is 0 Å². The Hall–Kier alpha value is -1.83. The molecule has 0 saturated carbocycles. The molecule has 0 N–H and O–H groups in total. The van der Waals surface area contributed by atoms with E-state index >= 15 is 0 Å². The van der Waals surface area contributed by atoms with Crippen molar-refractivity contribution in [1.29, 1.82) is 0 Å². The van der Waals surface area contributed by atoms with Gasteiger partial charge in [0.05, 0.1) is 11.4 Å². The first-order valence-electron chi connectivity index (χ1n) is 7.14. The third kappa shape index (κ3) is 2.67. The maximum Gasteiger partial charge on any atom is 0.264 e. The van der Waals surface area contributed by atoms with Crippen LogP contribution in [0.5, 0.6) is 0 Å². The Morgan fingerprint density at radius 2 is 2.00 bits per heavy atom. The molecule has 1 aliphatic rings. The first-order chi connectivity index (χ1) is 10.2. The standard InChI is InChI=1S/C17H18N2OS/c1-3-8-18-9-11-19(12-10-18)17(20)16-13(2)14-6-4-5-7-15(14)21-16/h1,4-7H,8-12H2,2H3. The fraction of sp³-hybridized carbons (Fsp3) is 0.353. The van der Waals surface area contributed by atoms with E-state index in [1.807, 2.05) is 24.0 Å². The summed E-state index contributed by atoms with van der Waals surface area (Å²) in [5.41, 5.74) is 1.10. The van der Waals surface area contributed by atoms with Crippen molar-refractivity contribution >= 4 is 27.3 Å². The SMILES string of the molecule is C#CCN1CCN(C(=O)c2sc3ccccc3c2C)CC1. The highest BCUT2D eigenvalue weighted by Crippen LogP contribution is 2.31. The van der Waals surface area contributed by atoms with E-state index in [9.17, 15) is 4.79 Å². The van der Waals surface area contributed by atoms with Gasteiger partial charge in [0.2, 0.25) is 0 Å². The number of amides is 1. The molecule has 3 rings (SSSR count). The fourth-order valence-electron chi connectivity index (χ4n) is 2.76. The molecule has 1 aromatic heterocycles. The number of carbonyl (C=O) groups excluding carboxylic acids is 1. The van der Waals surface area contributed by atoms with Crippen LogP contribution in [0.25, 0.3) is 10.1 Å². The van der Waals surface area contributed by atoms with Gasteiger partial charge in [-0.3, -0.25) is 9.69 Å². The van der Waals surface area contributed by atoms with Gasteiger partial charge in [-0.05, 0) is 23.9 Å². The molecule has 1 aromatic carbocycles. The van der Waals surface area contributed by atoms with E-state index in [0.717, 1.165) is 36.6 Å². The number of hydrogen-bond donors (Lipinski definition) is 0. The molecule has 0 unspecified atom stereocenters. The van der Waals surface area contributed by atoms with E-state index in [0.29, 0.717) is 6.54 Å². The molecule has 3 nitrogen and oxygen atoms in total. The third-order valence-electron chi connectivity index (χ3n) is 4.01. The summed E-state index contributed by atoms with van der Waals surface area (Å²) >= 11 is 1.60. The summed E-state index contributed by atoms with van der Waals surface area (Å²) in [7, 11) is 0. The van der Waals surface area contributed by atoms with Crippen LogP contribution in [0.15, 0.2) is 24.3 Å². The number of benzene rings is 1. The fourth-order valence-corrected chi connectivity index (χ4v) is 3.94. The maximum atomic E-state index is 12.7. The lowest BCUT2D eigenvalue weighted by atomic mass is 10.1. The van der Waals surface area contributed by atoms with Crippen molar-refractivity contribution in [3.05, 3.63) is 34.7 Å². The number of terminal acetylenes is 1. The topological polar surface area (TPSA) is 23.6 Å². The zero-order chi connectivity index (χ0) is 14.8. The average Bonchev–Trinajstić information content (AvgIpc) is 2.85. The molecule has 1 amide bonds. The van der Waals surface area contributed by atoms with Crippen molar-refractivity contribution in [2.75, 3.05) is 32.7 Å². The average molecular weight is 298 g/mol. The molecule has 1 aliphatic heterocycles. The molecule has 2 aromatic rings. The van der Waals surface area contributed by atoms with Crippen LogP contribution in [0.4, 0.5) is 0 Å². The molecular formula is C17H18N2OS. The van der Waals surface area contributed by atoms with Gasteiger partial charge in [-0.15, -0.1) is 17.8 Å². The Labute approximate surface area is 129 Å². The Kier molecular flexibility index (Phi) is 3.96. The van der Waals surface area contributed by atoms with Crippen LogP contribution in [0, 0.1) is 19.3 Å². The first kappa shape index (κ1) is 14.1. The number of thiophene rings is 1. The minimum absolute atomic E-state index is 0.161. The van der Waals surface area contributed by atoms with Gasteiger partial charge < -0.3 is 4.90 Å². The quantitative estimate of drug-likeness (QED) is 0.796. The van der Waals surface area contributed by atoms with Crippen molar-refractivity contribution in [1.82, 2.24) is 9.80 Å². The highest BCUT2D eigenvalue weighted by atomic mass is 32.1. The van der Waals surface area contributed by atoms with Crippen molar-refractivity contribution < 1.29 is 4.79 Å². The van der Waals surface area contributed by atoms with Crippen LogP contribution < -0.4 is 0 Å². The lowest BCUT2D eigenvalue weighted by molar-refractivity contribution is 0.0656. The van der Waals surface area contributed by atoms with Crippen LogP contribution in [0.2, 0.25) is 0 Å². The largest absolute Gasteiger partial charge is 0.335 e. The van der Waals surface area contributed by atoms with Crippen molar-refractivity contribution in [2.45, 2.75) is 6.92 Å². The van der Waals surface area contributed by atoms with E-state index in [4.69, 9.17) is 6.42 Å². The molecule has 21 heavy (non-hydrogen) atoms. The van der Waals surface area contributed by atoms with E-state index in [2.05, 4.69) is 23.0 Å². The van der Waals surface area contributed by atoms with Gasteiger partial charge in [0.15, 0.2) is 0 Å². The second-order valence-electron chi connectivity index (χ2n) is 5.32. The zero-order valence-electron chi connectivity index (χ0n) is 12.1. The van der Waals surface area contributed by atoms with E-state index in [-0.39, 0.29) is 5.91 Å². The Balaban J connectivity index is 1.79. The molecule has 1 fully saturated rings. The Bertz CT molecular complexity index is 705. The molecule has 0 radical (unpaired) electrons. The number of rotatable bonds is 2. The lowest BCUT2D eigenvalue weighted by Crippen LogP contribution is -2.48. The molecule has 2 heterocycles. The predicted octanol–water partition coefficient (Wildman–Crippen LogP) is 2.60. The number of hydrogen-bond acceptors (Lipinski definition) is 3. The van der Waals surface area contributed by atoms with Gasteiger partial charge in [0.1, 0.15) is 0 Å². The van der Waals surface area contributed by atoms with Crippen molar-refractivity contribution in [2.24, 2.45) is 0 Å². The lowest BCUT2D eigenvalue weighted by Gasteiger charge is -2.33. The highest BCUT2D eigenvalue weighted by Gasteiger charge is 2.24. The Morgan fingerprint density at radius 1 is 1.29 bits per heavy atom. The molecule has 0 bridgehead atoms. The zero-order valence-corrected chi connectivity index (χ0v) is 12.9. The smallest absolute Gasteiger partial charge is 0.264 e. The summed E-state index contributed by atoms with van der Waals surface area (Å²) < 4.78 is 1.18. The molecule has 108 valence electrons. The normalized spacial score (nSPS) is 16.1. The highest BCUT2D eigenvalue weighted by molar-refractivity contribution is 7.21. The second kappa shape index (κ2) is 5.88. The maximum absolute atomic E-state index is 12.7. The van der Waals surface area contributed by atoms with Gasteiger partial charge in [-0.1, -0.05) is 24.1 Å². The Morgan fingerprint density at radius 3 is 2.67 bits per heavy atom. The number of aryl methyl sites for hydroxylation is 1. The van der Waals surface area contributed by atoms with E-state index in [1.54, 1.807) is 11.3 Å². The van der Waals surface area contributed by atoms with Crippen molar-refractivity contribution in [3.8, 4) is 12.3 Å². The monoisotopic (exact) mass is 298 g/mol.